The summed E-state index contributed by atoms with van der Waals surface area (Å²) >= 11 is 3.49. The molecule has 234 valence electrons. The van der Waals surface area contributed by atoms with Crippen LogP contribution in [0.25, 0.3) is 0 Å². The number of hydrogen-bond acceptors (Lipinski definition) is 15. The molecule has 0 spiro atoms. The van der Waals surface area contributed by atoms with Crippen molar-refractivity contribution in [3.8, 4) is 0 Å². The molecule has 11 atom stereocenters. The van der Waals surface area contributed by atoms with Crippen molar-refractivity contribution < 1.29 is 19.1 Å². The van der Waals surface area contributed by atoms with Crippen LogP contribution in [-0.4, -0.2) is 115 Å². The molecule has 10 N–H and O–H groups in total. The van der Waals surface area contributed by atoms with Crippen LogP contribution in [0.3, 0.4) is 0 Å². The molecule has 6 fully saturated rings. The van der Waals surface area contributed by atoms with Crippen molar-refractivity contribution >= 4 is 35.4 Å². The zero-order chi connectivity index (χ0) is 28.8. The molecule has 0 aromatic heterocycles. The predicted octanol–water partition coefficient (Wildman–Crippen LogP) is -2.35. The van der Waals surface area contributed by atoms with Crippen molar-refractivity contribution in [2.45, 2.75) is 85.6 Å². The molecule has 42 heavy (non-hydrogen) atoms. The van der Waals surface area contributed by atoms with Gasteiger partial charge in [0.2, 0.25) is 5.91 Å². The molecule has 7 rings (SSSR count). The van der Waals surface area contributed by atoms with Crippen LogP contribution >= 0.6 is 23.7 Å². The Morgan fingerprint density at radius 1 is 1.17 bits per heavy atom. The smallest absolute Gasteiger partial charge is 0.226 e. The number of carbonyl (C=O) groups is 2. The van der Waals surface area contributed by atoms with Crippen molar-refractivity contribution in [2.75, 3.05) is 39.6 Å². The van der Waals surface area contributed by atoms with Gasteiger partial charge in [-0.25, -0.2) is 10.1 Å². The van der Waals surface area contributed by atoms with Gasteiger partial charge in [-0.3, -0.25) is 30.9 Å². The molecule has 9 unspecified atom stereocenters. The topological polar surface area (TPSA) is 183 Å². The largest absolute Gasteiger partial charge is 0.378 e. The maximum Gasteiger partial charge on any atom is 0.226 e. The molecular formula is C26H44N10O4S2. The molecule has 0 bridgehead atoms. The fourth-order valence-corrected chi connectivity index (χ4v) is 10.3. The van der Waals surface area contributed by atoms with Gasteiger partial charge in [0.1, 0.15) is 12.4 Å². The second-order valence-corrected chi connectivity index (χ2v) is 14.6. The number of hydrogen-bond donors (Lipinski definition) is 8. The molecule has 1 aliphatic carbocycles. The number of thioether (sulfide) groups is 1. The summed E-state index contributed by atoms with van der Waals surface area (Å²) in [7, 11) is 0. The summed E-state index contributed by atoms with van der Waals surface area (Å²) in [5.74, 6) is -0.575. The Morgan fingerprint density at radius 3 is 2.81 bits per heavy atom. The van der Waals surface area contributed by atoms with Crippen LogP contribution in [0.2, 0.25) is 0 Å². The fourth-order valence-electron chi connectivity index (χ4n) is 7.44. The lowest BCUT2D eigenvalue weighted by molar-refractivity contribution is -0.132. The van der Waals surface area contributed by atoms with Crippen molar-refractivity contribution in [1.82, 2.24) is 41.3 Å². The van der Waals surface area contributed by atoms with Crippen molar-refractivity contribution in [2.24, 2.45) is 23.3 Å². The lowest BCUT2D eigenvalue weighted by Gasteiger charge is -2.48. The first-order valence-corrected chi connectivity index (χ1v) is 17.1. The van der Waals surface area contributed by atoms with Crippen LogP contribution < -0.4 is 42.9 Å². The summed E-state index contributed by atoms with van der Waals surface area (Å²) in [4.78, 5) is 28.0. The van der Waals surface area contributed by atoms with Gasteiger partial charge in [0.25, 0.3) is 0 Å². The number of nitrogens with two attached hydrogens (primary N) is 2. The molecule has 6 heterocycles. The van der Waals surface area contributed by atoms with E-state index in [9.17, 15) is 9.59 Å². The van der Waals surface area contributed by atoms with E-state index in [1.807, 2.05) is 5.01 Å². The Balaban J connectivity index is 1.01. The number of morpholine rings is 1. The van der Waals surface area contributed by atoms with E-state index in [0.717, 1.165) is 50.2 Å². The molecule has 0 aromatic carbocycles. The van der Waals surface area contributed by atoms with Gasteiger partial charge in [0.05, 0.1) is 61.2 Å². The van der Waals surface area contributed by atoms with Crippen LogP contribution in [0, 0.1) is 11.8 Å². The highest BCUT2D eigenvalue weighted by molar-refractivity contribution is 8.04. The summed E-state index contributed by atoms with van der Waals surface area (Å²) in [5, 5.41) is 17.8. The number of amides is 1. The number of fused-ring (bicyclic) bond motifs is 2. The second kappa shape index (κ2) is 12.8. The average molecular weight is 625 g/mol. The van der Waals surface area contributed by atoms with E-state index in [0.29, 0.717) is 26.5 Å². The van der Waals surface area contributed by atoms with E-state index in [1.165, 1.54) is 0 Å². The SMILES string of the molecule is NC(=O)C1C(NC2CC(C3COC4C(=O)C=C(N5CCOCC5)SC43)SN2)NC(N[C@H]2CCCC[C@H]2N)N2NCNC12. The van der Waals surface area contributed by atoms with E-state index >= 15 is 0 Å². The first-order chi connectivity index (χ1) is 20.5. The Kier molecular flexibility index (Phi) is 9.02. The summed E-state index contributed by atoms with van der Waals surface area (Å²) in [6, 6.07) is 0.293. The standard InChI is InChI=1S/C26H44N10O4S2/c27-14-3-1-2-4-15(14)31-26-33-24(20(23(28)38)25-29-12-30-36(25)26)32-18-10-17(42-34-18)13-11-40-21-16(37)9-19(41-22(13)21)35-5-7-39-8-6-35/h9,13-15,17-18,20-22,24-26,29-34H,1-8,10-12,27H2,(H2,28,38)/t13?,14-,15+,17?,18?,20?,21?,22?,24?,25?,26?/m1/s1. The number of nitrogens with zero attached hydrogens (tertiary/aromatic N) is 2. The summed E-state index contributed by atoms with van der Waals surface area (Å²) in [6.45, 7) is 4.11. The third kappa shape index (κ3) is 5.86. The van der Waals surface area contributed by atoms with Crippen LogP contribution in [0.15, 0.2) is 11.1 Å². The Hall–Kier alpha value is -1.02. The van der Waals surface area contributed by atoms with Gasteiger partial charge < -0.3 is 25.8 Å². The van der Waals surface area contributed by atoms with Gasteiger partial charge in [0.15, 0.2) is 5.78 Å². The van der Waals surface area contributed by atoms with E-state index in [-0.39, 0.29) is 71.1 Å². The van der Waals surface area contributed by atoms with Crippen molar-refractivity contribution in [1.29, 1.82) is 0 Å². The zero-order valence-corrected chi connectivity index (χ0v) is 25.3. The normalized spacial score (nSPS) is 44.6. The molecule has 0 radical (unpaired) electrons. The van der Waals surface area contributed by atoms with E-state index in [2.05, 4.69) is 36.3 Å². The molecule has 1 saturated carbocycles. The fraction of sp³-hybridized carbons (Fsp3) is 0.846. The van der Waals surface area contributed by atoms with E-state index in [4.69, 9.17) is 20.9 Å². The highest BCUT2D eigenvalue weighted by Crippen LogP contribution is 2.46. The predicted molar refractivity (Wildman–Crippen MR) is 160 cm³/mol. The second-order valence-electron chi connectivity index (χ2n) is 12.3. The zero-order valence-electron chi connectivity index (χ0n) is 23.7. The monoisotopic (exact) mass is 624 g/mol. The molecule has 7 aliphatic rings. The van der Waals surface area contributed by atoms with Gasteiger partial charge in [-0.15, -0.1) is 11.8 Å². The summed E-state index contributed by atoms with van der Waals surface area (Å²) < 4.78 is 15.2. The summed E-state index contributed by atoms with van der Waals surface area (Å²) in [6.07, 6.45) is 5.68. The maximum absolute atomic E-state index is 13.0. The van der Waals surface area contributed by atoms with Gasteiger partial charge in [0, 0.05) is 42.4 Å². The Morgan fingerprint density at radius 2 is 2.00 bits per heavy atom. The molecule has 14 nitrogen and oxygen atoms in total. The maximum atomic E-state index is 13.0. The van der Waals surface area contributed by atoms with Crippen LogP contribution in [0.1, 0.15) is 32.1 Å². The Labute approximate surface area is 255 Å². The number of primary amides is 1. The molecule has 1 amide bonds. The quantitative estimate of drug-likeness (QED) is 0.141. The summed E-state index contributed by atoms with van der Waals surface area (Å²) in [5.41, 5.74) is 15.8. The average Bonchev–Trinajstić information content (AvgIpc) is 3.75. The van der Waals surface area contributed by atoms with Gasteiger partial charge >= 0.3 is 0 Å². The first-order valence-electron chi connectivity index (χ1n) is 15.3. The van der Waals surface area contributed by atoms with Gasteiger partial charge in [-0.2, -0.15) is 5.01 Å². The number of rotatable bonds is 7. The molecule has 5 saturated heterocycles. The van der Waals surface area contributed by atoms with Crippen LogP contribution in [0.4, 0.5) is 0 Å². The minimum absolute atomic E-state index is 0.0459. The molecule has 0 aromatic rings. The minimum atomic E-state index is -0.504. The highest BCUT2D eigenvalue weighted by atomic mass is 32.2. The van der Waals surface area contributed by atoms with Gasteiger partial charge in [-0.1, -0.05) is 24.8 Å². The van der Waals surface area contributed by atoms with Crippen LogP contribution in [-0.2, 0) is 19.1 Å². The van der Waals surface area contributed by atoms with Gasteiger partial charge in [-0.05, 0) is 19.3 Å². The van der Waals surface area contributed by atoms with E-state index < -0.39 is 5.92 Å². The van der Waals surface area contributed by atoms with Crippen molar-refractivity contribution in [3.05, 3.63) is 11.1 Å². The first kappa shape index (κ1) is 29.7. The lowest BCUT2D eigenvalue weighted by Crippen LogP contribution is -2.77. The number of ether oxygens (including phenoxy) is 2. The third-order valence-electron chi connectivity index (χ3n) is 9.71. The molecule has 6 aliphatic heterocycles. The lowest BCUT2D eigenvalue weighted by atomic mass is 9.90. The molecule has 16 heteroatoms. The Bertz CT molecular complexity index is 1050. The van der Waals surface area contributed by atoms with Crippen molar-refractivity contribution in [3.63, 3.8) is 0 Å². The highest BCUT2D eigenvalue weighted by Gasteiger charge is 2.52. The van der Waals surface area contributed by atoms with E-state index in [1.54, 1.807) is 29.8 Å². The number of hydrazine groups is 1. The van der Waals surface area contributed by atoms with Crippen LogP contribution in [0.5, 0.6) is 0 Å². The number of ketones is 1. The minimum Gasteiger partial charge on any atom is -0.378 e. The third-order valence-corrected chi connectivity index (χ3v) is 12.5. The number of carbonyl (C=O) groups excluding carboxylic acids is 2. The number of nitrogens with one attached hydrogen (secondary N) is 6. The molecular weight excluding hydrogens is 580 g/mol.